The van der Waals surface area contributed by atoms with Crippen LogP contribution in [0, 0.1) is 28.4 Å². The summed E-state index contributed by atoms with van der Waals surface area (Å²) in [5.74, 6) is 0.623. The lowest BCUT2D eigenvalue weighted by Crippen LogP contribution is -2.46. The summed E-state index contributed by atoms with van der Waals surface area (Å²) in [4.78, 5) is 18.9. The van der Waals surface area contributed by atoms with Crippen LogP contribution in [0.4, 0.5) is 11.5 Å². The van der Waals surface area contributed by atoms with E-state index in [1.54, 1.807) is 6.07 Å². The molecule has 1 aliphatic heterocycles. The minimum absolute atomic E-state index is 0.135. The van der Waals surface area contributed by atoms with Crippen LogP contribution in [-0.4, -0.2) is 41.0 Å². The van der Waals surface area contributed by atoms with Crippen molar-refractivity contribution in [3.05, 3.63) is 63.3 Å². The van der Waals surface area contributed by atoms with Crippen LogP contribution in [0.3, 0.4) is 0 Å². The maximum absolute atomic E-state index is 10.9. The molecule has 1 aromatic carbocycles. The van der Waals surface area contributed by atoms with Gasteiger partial charge in [-0.2, -0.15) is 5.26 Å². The summed E-state index contributed by atoms with van der Waals surface area (Å²) < 4.78 is 0. The average Bonchev–Trinajstić information content (AvgIpc) is 2.61. The zero-order valence-corrected chi connectivity index (χ0v) is 14.1. The van der Waals surface area contributed by atoms with Crippen LogP contribution in [-0.2, 0) is 6.54 Å². The number of benzene rings is 1. The standard InChI is InChI=1S/C18H19N5O2/c1-14-3-2-4-15(11-14)13-21-7-9-22(10-8-21)18-6-5-17(23(24)25)16(12-19)20-18/h2-6,11H,7-10,13H2,1H3. The van der Waals surface area contributed by atoms with Crippen molar-refractivity contribution < 1.29 is 4.92 Å². The van der Waals surface area contributed by atoms with Crippen LogP contribution < -0.4 is 4.90 Å². The molecule has 0 N–H and O–H groups in total. The first-order valence-electron chi connectivity index (χ1n) is 8.15. The van der Waals surface area contributed by atoms with Gasteiger partial charge in [-0.1, -0.05) is 29.8 Å². The molecule has 0 saturated carbocycles. The fraction of sp³-hybridized carbons (Fsp3) is 0.333. The Balaban J connectivity index is 1.64. The minimum Gasteiger partial charge on any atom is -0.354 e. The Kier molecular flexibility index (Phi) is 4.91. The third-order valence-corrected chi connectivity index (χ3v) is 4.35. The predicted octanol–water partition coefficient (Wildman–Crippen LogP) is 2.49. The molecule has 0 radical (unpaired) electrons. The van der Waals surface area contributed by atoms with Crippen LogP contribution >= 0.6 is 0 Å². The second kappa shape index (κ2) is 7.28. The van der Waals surface area contributed by atoms with Crippen molar-refractivity contribution in [2.24, 2.45) is 0 Å². The van der Waals surface area contributed by atoms with Crippen molar-refractivity contribution in [3.8, 4) is 6.07 Å². The molecular formula is C18H19N5O2. The molecule has 1 fully saturated rings. The molecule has 0 unspecified atom stereocenters. The Bertz CT molecular complexity index is 822. The molecule has 25 heavy (non-hydrogen) atoms. The molecular weight excluding hydrogens is 318 g/mol. The number of pyridine rings is 1. The third kappa shape index (κ3) is 3.92. The summed E-state index contributed by atoms with van der Waals surface area (Å²) in [5, 5.41) is 20.0. The van der Waals surface area contributed by atoms with Gasteiger partial charge < -0.3 is 4.90 Å². The number of piperazine rings is 1. The highest BCUT2D eigenvalue weighted by Gasteiger charge is 2.21. The zero-order valence-electron chi connectivity index (χ0n) is 14.1. The summed E-state index contributed by atoms with van der Waals surface area (Å²) in [5.41, 5.74) is 2.18. The molecule has 1 aromatic heterocycles. The van der Waals surface area contributed by atoms with Gasteiger partial charge >= 0.3 is 5.69 Å². The molecule has 0 atom stereocenters. The lowest BCUT2D eigenvalue weighted by molar-refractivity contribution is -0.385. The summed E-state index contributed by atoms with van der Waals surface area (Å²) in [6.45, 7) is 6.33. The summed E-state index contributed by atoms with van der Waals surface area (Å²) in [6.07, 6.45) is 0. The summed E-state index contributed by atoms with van der Waals surface area (Å²) >= 11 is 0. The Morgan fingerprint density at radius 3 is 2.64 bits per heavy atom. The molecule has 0 aliphatic carbocycles. The Labute approximate surface area is 146 Å². The van der Waals surface area contributed by atoms with E-state index in [0.717, 1.165) is 32.7 Å². The fourth-order valence-electron chi connectivity index (χ4n) is 3.05. The van der Waals surface area contributed by atoms with Crippen LogP contribution in [0.5, 0.6) is 0 Å². The Morgan fingerprint density at radius 2 is 2.00 bits per heavy atom. The number of nitro groups is 1. The van der Waals surface area contributed by atoms with Crippen LogP contribution in [0.25, 0.3) is 0 Å². The Hall–Kier alpha value is -2.98. The van der Waals surface area contributed by atoms with Crippen molar-refractivity contribution in [2.75, 3.05) is 31.1 Å². The van der Waals surface area contributed by atoms with E-state index in [0.29, 0.717) is 5.82 Å². The van der Waals surface area contributed by atoms with E-state index < -0.39 is 4.92 Å². The van der Waals surface area contributed by atoms with Crippen molar-refractivity contribution in [1.82, 2.24) is 9.88 Å². The molecule has 1 saturated heterocycles. The van der Waals surface area contributed by atoms with Gasteiger partial charge in [0.2, 0.25) is 5.69 Å². The number of aryl methyl sites for hydroxylation is 1. The molecule has 7 nitrogen and oxygen atoms in total. The van der Waals surface area contributed by atoms with Gasteiger partial charge in [0.15, 0.2) is 0 Å². The van der Waals surface area contributed by atoms with E-state index in [4.69, 9.17) is 5.26 Å². The van der Waals surface area contributed by atoms with Crippen molar-refractivity contribution >= 4 is 11.5 Å². The van der Waals surface area contributed by atoms with Gasteiger partial charge in [0, 0.05) is 38.8 Å². The number of hydrogen-bond donors (Lipinski definition) is 0. The molecule has 2 heterocycles. The largest absolute Gasteiger partial charge is 0.354 e. The second-order valence-corrected chi connectivity index (χ2v) is 6.16. The number of anilines is 1. The van der Waals surface area contributed by atoms with Crippen LogP contribution in [0.1, 0.15) is 16.8 Å². The second-order valence-electron chi connectivity index (χ2n) is 6.16. The van der Waals surface area contributed by atoms with Gasteiger partial charge in [0.25, 0.3) is 0 Å². The average molecular weight is 337 g/mol. The monoisotopic (exact) mass is 337 g/mol. The number of rotatable bonds is 4. The number of hydrogen-bond acceptors (Lipinski definition) is 6. The van der Waals surface area contributed by atoms with Gasteiger partial charge in [-0.3, -0.25) is 15.0 Å². The number of nitrogens with zero attached hydrogens (tertiary/aromatic N) is 5. The molecule has 3 rings (SSSR count). The fourth-order valence-corrected chi connectivity index (χ4v) is 3.05. The maximum atomic E-state index is 10.9. The Morgan fingerprint density at radius 1 is 1.24 bits per heavy atom. The maximum Gasteiger partial charge on any atom is 0.305 e. The van der Waals surface area contributed by atoms with Crippen molar-refractivity contribution in [3.63, 3.8) is 0 Å². The highest BCUT2D eigenvalue weighted by atomic mass is 16.6. The normalized spacial score (nSPS) is 15.0. The first-order valence-corrected chi connectivity index (χ1v) is 8.15. The molecule has 0 amide bonds. The SMILES string of the molecule is Cc1cccc(CN2CCN(c3ccc([N+](=O)[O-])c(C#N)n3)CC2)c1. The zero-order chi connectivity index (χ0) is 17.8. The van der Waals surface area contributed by atoms with Gasteiger partial charge in [-0.05, 0) is 18.6 Å². The highest BCUT2D eigenvalue weighted by molar-refractivity contribution is 5.51. The summed E-state index contributed by atoms with van der Waals surface area (Å²) in [7, 11) is 0. The first-order chi connectivity index (χ1) is 12.1. The molecule has 128 valence electrons. The van der Waals surface area contributed by atoms with Gasteiger partial charge in [0.1, 0.15) is 11.9 Å². The van der Waals surface area contributed by atoms with E-state index in [9.17, 15) is 10.1 Å². The van der Waals surface area contributed by atoms with E-state index in [1.165, 1.54) is 17.2 Å². The van der Waals surface area contributed by atoms with Crippen molar-refractivity contribution in [2.45, 2.75) is 13.5 Å². The van der Waals surface area contributed by atoms with E-state index >= 15 is 0 Å². The van der Waals surface area contributed by atoms with E-state index in [2.05, 4.69) is 46.0 Å². The quantitative estimate of drug-likeness (QED) is 0.629. The third-order valence-electron chi connectivity index (χ3n) is 4.35. The summed E-state index contributed by atoms with van der Waals surface area (Å²) in [6, 6.07) is 13.3. The molecule has 1 aliphatic rings. The van der Waals surface area contributed by atoms with Crippen LogP contribution in [0.15, 0.2) is 36.4 Å². The van der Waals surface area contributed by atoms with Gasteiger partial charge in [0.05, 0.1) is 4.92 Å². The van der Waals surface area contributed by atoms with E-state index in [1.807, 2.05) is 6.07 Å². The van der Waals surface area contributed by atoms with Crippen LogP contribution in [0.2, 0.25) is 0 Å². The minimum atomic E-state index is -0.574. The smallest absolute Gasteiger partial charge is 0.305 e. The molecule has 7 heteroatoms. The first kappa shape index (κ1) is 16.9. The van der Waals surface area contributed by atoms with Gasteiger partial charge in [-0.25, -0.2) is 4.98 Å². The lowest BCUT2D eigenvalue weighted by atomic mass is 10.1. The number of aromatic nitrogens is 1. The van der Waals surface area contributed by atoms with Gasteiger partial charge in [-0.15, -0.1) is 0 Å². The molecule has 2 aromatic rings. The predicted molar refractivity (Wildman–Crippen MR) is 94.3 cm³/mol. The lowest BCUT2D eigenvalue weighted by Gasteiger charge is -2.35. The molecule has 0 spiro atoms. The number of nitriles is 1. The molecule has 0 bridgehead atoms. The highest BCUT2D eigenvalue weighted by Crippen LogP contribution is 2.22. The van der Waals surface area contributed by atoms with Crippen molar-refractivity contribution in [1.29, 1.82) is 5.26 Å². The topological polar surface area (TPSA) is 86.3 Å². The van der Waals surface area contributed by atoms with E-state index in [-0.39, 0.29) is 11.4 Å².